The van der Waals surface area contributed by atoms with E-state index in [2.05, 4.69) is 37.0 Å². The van der Waals surface area contributed by atoms with Gasteiger partial charge in [-0.15, -0.1) is 11.3 Å². The Bertz CT molecular complexity index is 836. The zero-order valence-electron chi connectivity index (χ0n) is 11.9. The predicted molar refractivity (Wildman–Crippen MR) is 85.3 cm³/mol. The average molecular weight is 297 g/mol. The average Bonchev–Trinajstić information content (AvgIpc) is 2.84. The van der Waals surface area contributed by atoms with Crippen molar-refractivity contribution in [3.05, 3.63) is 63.7 Å². The topological polar surface area (TPSA) is 50.2 Å². The van der Waals surface area contributed by atoms with Crippen molar-refractivity contribution in [1.29, 1.82) is 0 Å². The maximum Gasteiger partial charge on any atom is 0.335 e. The summed E-state index contributed by atoms with van der Waals surface area (Å²) in [4.78, 5) is 15.6. The normalized spacial score (nSPS) is 11.0. The summed E-state index contributed by atoms with van der Waals surface area (Å²) < 4.78 is 0.926. The van der Waals surface area contributed by atoms with E-state index in [1.54, 1.807) is 29.5 Å². The van der Waals surface area contributed by atoms with Gasteiger partial charge in [-0.2, -0.15) is 0 Å². The minimum atomic E-state index is -0.902. The van der Waals surface area contributed by atoms with Crippen LogP contribution in [0.4, 0.5) is 0 Å². The molecule has 3 rings (SSSR count). The molecule has 0 saturated carbocycles. The number of aryl methyl sites for hydroxylation is 2. The van der Waals surface area contributed by atoms with E-state index >= 15 is 0 Å². The molecule has 0 atom stereocenters. The zero-order valence-corrected chi connectivity index (χ0v) is 12.7. The van der Waals surface area contributed by atoms with Crippen molar-refractivity contribution in [3.63, 3.8) is 0 Å². The second kappa shape index (κ2) is 5.30. The second-order valence-electron chi connectivity index (χ2n) is 5.20. The number of carbonyl (C=O) groups is 1. The smallest absolute Gasteiger partial charge is 0.335 e. The Morgan fingerprint density at radius 3 is 2.76 bits per heavy atom. The van der Waals surface area contributed by atoms with Crippen molar-refractivity contribution in [2.24, 2.45) is 0 Å². The fourth-order valence-corrected chi connectivity index (χ4v) is 3.36. The first-order valence-electron chi connectivity index (χ1n) is 6.72. The van der Waals surface area contributed by atoms with E-state index in [9.17, 15) is 4.79 Å². The molecule has 0 aliphatic carbocycles. The summed E-state index contributed by atoms with van der Waals surface area (Å²) in [5.74, 6) is -0.902. The van der Waals surface area contributed by atoms with Crippen molar-refractivity contribution >= 4 is 27.5 Å². The number of thiazole rings is 1. The summed E-state index contributed by atoms with van der Waals surface area (Å²) in [7, 11) is 0. The number of hydrogen-bond acceptors (Lipinski definition) is 3. The van der Waals surface area contributed by atoms with Gasteiger partial charge in [-0.25, -0.2) is 9.78 Å². The number of nitrogens with zero attached hydrogens (tertiary/aromatic N) is 1. The number of carboxylic acids is 1. The molecule has 1 N–H and O–H groups in total. The Balaban J connectivity index is 1.97. The number of carboxylic acid groups (broad SMARTS) is 1. The fraction of sp³-hybridized carbons (Fsp3) is 0.176. The van der Waals surface area contributed by atoms with E-state index in [0.717, 1.165) is 21.6 Å². The maximum atomic E-state index is 11.0. The van der Waals surface area contributed by atoms with E-state index in [0.29, 0.717) is 5.56 Å². The van der Waals surface area contributed by atoms with Gasteiger partial charge in [0.2, 0.25) is 0 Å². The summed E-state index contributed by atoms with van der Waals surface area (Å²) in [6, 6.07) is 11.5. The Morgan fingerprint density at radius 2 is 2.00 bits per heavy atom. The first-order valence-corrected chi connectivity index (χ1v) is 7.53. The molecular formula is C17H15NO2S. The number of hydrogen-bond donors (Lipinski definition) is 1. The van der Waals surface area contributed by atoms with Crippen LogP contribution >= 0.6 is 11.3 Å². The minimum Gasteiger partial charge on any atom is -0.478 e. The molecule has 0 unspecified atom stereocenters. The minimum absolute atomic E-state index is 0.310. The highest BCUT2D eigenvalue weighted by molar-refractivity contribution is 7.18. The highest BCUT2D eigenvalue weighted by Crippen LogP contribution is 2.26. The first kappa shape index (κ1) is 13.8. The maximum absolute atomic E-state index is 11.0. The van der Waals surface area contributed by atoms with Crippen LogP contribution in [-0.2, 0) is 6.42 Å². The number of benzene rings is 2. The summed E-state index contributed by atoms with van der Waals surface area (Å²) in [5, 5.41) is 10.1. The molecule has 3 nitrogen and oxygen atoms in total. The van der Waals surface area contributed by atoms with Crippen LogP contribution in [0.2, 0.25) is 0 Å². The molecule has 0 saturated heterocycles. The Labute approximate surface area is 126 Å². The fourth-order valence-electron chi connectivity index (χ4n) is 2.33. The van der Waals surface area contributed by atoms with Crippen LogP contribution in [0.25, 0.3) is 10.2 Å². The number of aromatic nitrogens is 1. The lowest BCUT2D eigenvalue weighted by Crippen LogP contribution is -1.94. The van der Waals surface area contributed by atoms with Crippen LogP contribution in [0.15, 0.2) is 36.4 Å². The molecule has 0 radical (unpaired) electrons. The van der Waals surface area contributed by atoms with Crippen molar-refractivity contribution in [3.8, 4) is 0 Å². The SMILES string of the molecule is Cc1ccc(C)c(Cc2nc3ccc(C(=O)O)cc3s2)c1. The van der Waals surface area contributed by atoms with Crippen LogP contribution in [0, 0.1) is 13.8 Å². The van der Waals surface area contributed by atoms with Gasteiger partial charge < -0.3 is 5.11 Å². The van der Waals surface area contributed by atoms with Crippen molar-refractivity contribution < 1.29 is 9.90 Å². The van der Waals surface area contributed by atoms with Crippen molar-refractivity contribution in [2.75, 3.05) is 0 Å². The Morgan fingerprint density at radius 1 is 1.19 bits per heavy atom. The van der Waals surface area contributed by atoms with Gasteiger partial charge in [-0.3, -0.25) is 0 Å². The number of aromatic carboxylic acids is 1. The Hall–Kier alpha value is -2.20. The molecule has 0 spiro atoms. The molecule has 21 heavy (non-hydrogen) atoms. The Kier molecular flexibility index (Phi) is 3.47. The first-order chi connectivity index (χ1) is 10.0. The van der Waals surface area contributed by atoms with E-state index in [4.69, 9.17) is 5.11 Å². The molecule has 106 valence electrons. The third kappa shape index (κ3) is 2.81. The summed E-state index contributed by atoms with van der Waals surface area (Å²) in [5.41, 5.74) is 4.94. The van der Waals surface area contributed by atoms with Gasteiger partial charge in [-0.05, 0) is 43.2 Å². The molecule has 4 heteroatoms. The highest BCUT2D eigenvalue weighted by atomic mass is 32.1. The second-order valence-corrected chi connectivity index (χ2v) is 6.32. The molecule has 0 amide bonds. The summed E-state index contributed by atoms with van der Waals surface area (Å²) >= 11 is 1.56. The lowest BCUT2D eigenvalue weighted by Gasteiger charge is -2.04. The van der Waals surface area contributed by atoms with Crippen LogP contribution in [0.3, 0.4) is 0 Å². The predicted octanol–water partition coefficient (Wildman–Crippen LogP) is 4.20. The van der Waals surface area contributed by atoms with Gasteiger partial charge in [0.1, 0.15) is 0 Å². The molecule has 0 aliphatic heterocycles. The summed E-state index contributed by atoms with van der Waals surface area (Å²) in [6.07, 6.45) is 0.787. The third-order valence-corrected chi connectivity index (χ3v) is 4.54. The van der Waals surface area contributed by atoms with Crippen LogP contribution in [0.5, 0.6) is 0 Å². The molecule has 1 heterocycles. The monoisotopic (exact) mass is 297 g/mol. The van der Waals surface area contributed by atoms with Gasteiger partial charge in [0, 0.05) is 6.42 Å². The molecule has 2 aromatic carbocycles. The van der Waals surface area contributed by atoms with Gasteiger partial charge in [0.05, 0.1) is 20.8 Å². The lowest BCUT2D eigenvalue weighted by atomic mass is 10.0. The summed E-state index contributed by atoms with van der Waals surface area (Å²) in [6.45, 7) is 4.19. The van der Waals surface area contributed by atoms with Gasteiger partial charge in [0.25, 0.3) is 0 Å². The molecule has 3 aromatic rings. The van der Waals surface area contributed by atoms with E-state index < -0.39 is 5.97 Å². The number of fused-ring (bicyclic) bond motifs is 1. The largest absolute Gasteiger partial charge is 0.478 e. The zero-order chi connectivity index (χ0) is 15.0. The lowest BCUT2D eigenvalue weighted by molar-refractivity contribution is 0.0697. The quantitative estimate of drug-likeness (QED) is 0.788. The van der Waals surface area contributed by atoms with E-state index in [-0.39, 0.29) is 0 Å². The van der Waals surface area contributed by atoms with Gasteiger partial charge in [-0.1, -0.05) is 23.8 Å². The van der Waals surface area contributed by atoms with Crippen LogP contribution in [0.1, 0.15) is 32.1 Å². The van der Waals surface area contributed by atoms with E-state index in [1.807, 2.05) is 0 Å². The third-order valence-electron chi connectivity index (χ3n) is 3.53. The van der Waals surface area contributed by atoms with Crippen molar-refractivity contribution in [1.82, 2.24) is 4.98 Å². The van der Waals surface area contributed by atoms with Crippen LogP contribution < -0.4 is 0 Å². The number of rotatable bonds is 3. The molecule has 0 aliphatic rings. The molecule has 0 fully saturated rings. The molecular weight excluding hydrogens is 282 g/mol. The molecule has 1 aromatic heterocycles. The highest BCUT2D eigenvalue weighted by Gasteiger charge is 2.09. The molecule has 0 bridgehead atoms. The van der Waals surface area contributed by atoms with E-state index in [1.165, 1.54) is 16.7 Å². The standard InChI is InChI=1S/C17H15NO2S/c1-10-3-4-11(2)13(7-10)9-16-18-14-6-5-12(17(19)20)8-15(14)21-16/h3-8H,9H2,1-2H3,(H,19,20). The van der Waals surface area contributed by atoms with Crippen molar-refractivity contribution in [2.45, 2.75) is 20.3 Å². The van der Waals surface area contributed by atoms with Gasteiger partial charge >= 0.3 is 5.97 Å². The van der Waals surface area contributed by atoms with Crippen LogP contribution in [-0.4, -0.2) is 16.1 Å². The van der Waals surface area contributed by atoms with Gasteiger partial charge in [0.15, 0.2) is 0 Å².